The first-order valence-electron chi connectivity index (χ1n) is 5.97. The van der Waals surface area contributed by atoms with Crippen LogP contribution in [0.1, 0.15) is 5.56 Å². The van der Waals surface area contributed by atoms with E-state index in [1.165, 1.54) is 11.9 Å². The van der Waals surface area contributed by atoms with Crippen molar-refractivity contribution in [2.75, 3.05) is 11.9 Å². The van der Waals surface area contributed by atoms with Crippen molar-refractivity contribution in [3.05, 3.63) is 30.1 Å². The number of aromatic amines is 1. The summed E-state index contributed by atoms with van der Waals surface area (Å²) in [5.41, 5.74) is 3.35. The van der Waals surface area contributed by atoms with Gasteiger partial charge in [0, 0.05) is 17.8 Å². The van der Waals surface area contributed by atoms with E-state index >= 15 is 0 Å². The van der Waals surface area contributed by atoms with E-state index in [4.69, 9.17) is 4.52 Å². The second-order valence-corrected chi connectivity index (χ2v) is 4.31. The number of hydrogen-bond donors (Lipinski definition) is 2. The molecule has 0 saturated heterocycles. The molecule has 0 saturated carbocycles. The fraction of sp³-hybridized carbons (Fsp3) is 0.167. The minimum atomic E-state index is 0.404. The Bertz CT molecular complexity index is 718. The van der Waals surface area contributed by atoms with Gasteiger partial charge in [-0.1, -0.05) is 11.2 Å². The van der Waals surface area contributed by atoms with Gasteiger partial charge in [-0.15, -0.1) is 0 Å². The summed E-state index contributed by atoms with van der Waals surface area (Å²) in [4.78, 5) is 8.30. The molecule has 0 radical (unpaired) electrons. The second kappa shape index (κ2) is 3.91. The molecule has 0 atom stereocenters. The number of hydrogen-bond acceptors (Lipinski definition) is 6. The molecule has 1 aliphatic rings. The predicted molar refractivity (Wildman–Crippen MR) is 67.3 cm³/mol. The van der Waals surface area contributed by atoms with Crippen molar-refractivity contribution in [1.82, 2.24) is 25.3 Å². The van der Waals surface area contributed by atoms with Gasteiger partial charge in [0.2, 0.25) is 5.82 Å². The van der Waals surface area contributed by atoms with E-state index < -0.39 is 0 Å². The average Bonchev–Trinajstić information content (AvgIpc) is 3.18. The summed E-state index contributed by atoms with van der Waals surface area (Å²) in [6.45, 7) is 0.978. The van der Waals surface area contributed by atoms with Crippen LogP contribution in [0.25, 0.3) is 23.1 Å². The molecule has 3 aromatic rings. The fourth-order valence-corrected chi connectivity index (χ4v) is 2.17. The third-order valence-corrected chi connectivity index (χ3v) is 3.12. The van der Waals surface area contributed by atoms with Gasteiger partial charge in [0.25, 0.3) is 5.89 Å². The maximum Gasteiger partial charge on any atom is 0.258 e. The topological polar surface area (TPSA) is 92.5 Å². The highest BCUT2D eigenvalue weighted by atomic mass is 16.5. The molecule has 94 valence electrons. The lowest BCUT2D eigenvalue weighted by molar-refractivity contribution is 0.432. The molecule has 0 fully saturated rings. The molecule has 0 aliphatic carbocycles. The molecular weight excluding hydrogens is 244 g/mol. The average molecular weight is 254 g/mol. The molecule has 4 rings (SSSR count). The summed E-state index contributed by atoms with van der Waals surface area (Å²) in [6.07, 6.45) is 2.47. The van der Waals surface area contributed by atoms with E-state index in [-0.39, 0.29) is 0 Å². The van der Waals surface area contributed by atoms with Crippen molar-refractivity contribution in [2.24, 2.45) is 0 Å². The Hall–Kier alpha value is -2.70. The van der Waals surface area contributed by atoms with E-state index in [9.17, 15) is 0 Å². The van der Waals surface area contributed by atoms with Gasteiger partial charge in [-0.25, -0.2) is 4.98 Å². The van der Waals surface area contributed by atoms with Gasteiger partial charge >= 0.3 is 0 Å². The van der Waals surface area contributed by atoms with Crippen LogP contribution in [0.2, 0.25) is 0 Å². The number of nitrogens with zero attached hydrogens (tertiary/aromatic N) is 4. The van der Waals surface area contributed by atoms with E-state index in [0.29, 0.717) is 17.5 Å². The lowest BCUT2D eigenvalue weighted by Gasteiger charge is -2.00. The standard InChI is InChI=1S/C12H10N6O/c1-2-8(5-9-7(1)3-4-13-9)12-16-11(18-19-12)10-14-6-15-17-10/h1-2,5-6,13H,3-4H2,(H,14,15,17). The van der Waals surface area contributed by atoms with Gasteiger partial charge in [-0.2, -0.15) is 10.1 Å². The molecule has 2 aromatic heterocycles. The zero-order valence-corrected chi connectivity index (χ0v) is 9.92. The Balaban J connectivity index is 1.73. The molecule has 7 nitrogen and oxygen atoms in total. The zero-order chi connectivity index (χ0) is 12.7. The summed E-state index contributed by atoms with van der Waals surface area (Å²) in [7, 11) is 0. The Morgan fingerprint density at radius 2 is 2.26 bits per heavy atom. The molecule has 1 aliphatic heterocycles. The van der Waals surface area contributed by atoms with E-state index in [1.54, 1.807) is 0 Å². The molecule has 19 heavy (non-hydrogen) atoms. The molecule has 3 heterocycles. The second-order valence-electron chi connectivity index (χ2n) is 4.31. The summed E-state index contributed by atoms with van der Waals surface area (Å²) >= 11 is 0. The summed E-state index contributed by atoms with van der Waals surface area (Å²) < 4.78 is 5.26. The summed E-state index contributed by atoms with van der Waals surface area (Å²) in [5.74, 6) is 1.37. The highest BCUT2D eigenvalue weighted by Crippen LogP contribution is 2.28. The normalized spacial score (nSPS) is 13.3. The van der Waals surface area contributed by atoms with Crippen LogP contribution in [0.15, 0.2) is 29.0 Å². The van der Waals surface area contributed by atoms with Gasteiger partial charge in [0.1, 0.15) is 6.33 Å². The van der Waals surface area contributed by atoms with Crippen molar-refractivity contribution < 1.29 is 4.52 Å². The van der Waals surface area contributed by atoms with Gasteiger partial charge in [-0.05, 0) is 24.1 Å². The highest BCUT2D eigenvalue weighted by molar-refractivity contribution is 5.67. The number of rotatable bonds is 2. The van der Waals surface area contributed by atoms with E-state index in [1.807, 2.05) is 12.1 Å². The largest absolute Gasteiger partial charge is 0.384 e. The van der Waals surface area contributed by atoms with E-state index in [0.717, 1.165) is 24.2 Å². The molecule has 2 N–H and O–H groups in total. The molecule has 0 amide bonds. The fourth-order valence-electron chi connectivity index (χ4n) is 2.17. The van der Waals surface area contributed by atoms with Crippen LogP contribution in [0.5, 0.6) is 0 Å². The zero-order valence-electron chi connectivity index (χ0n) is 9.92. The minimum absolute atomic E-state index is 0.404. The maximum atomic E-state index is 5.26. The van der Waals surface area contributed by atoms with Crippen molar-refractivity contribution in [3.8, 4) is 23.1 Å². The Kier molecular flexibility index (Phi) is 2.11. The van der Waals surface area contributed by atoms with Crippen LogP contribution in [-0.4, -0.2) is 31.9 Å². The SMILES string of the molecule is c1n[nH]c(-c2noc(-c3ccc4c(c3)NCC4)n2)n1. The van der Waals surface area contributed by atoms with Gasteiger partial charge in [0.15, 0.2) is 5.82 Å². The number of nitrogens with one attached hydrogen (secondary N) is 2. The third kappa shape index (κ3) is 1.67. The summed E-state index contributed by atoms with van der Waals surface area (Å²) in [5, 5.41) is 13.7. The monoisotopic (exact) mass is 254 g/mol. The molecule has 1 aromatic carbocycles. The lowest BCUT2D eigenvalue weighted by atomic mass is 10.1. The number of fused-ring (bicyclic) bond motifs is 1. The van der Waals surface area contributed by atoms with Gasteiger partial charge < -0.3 is 9.84 Å². The van der Waals surface area contributed by atoms with Crippen molar-refractivity contribution in [2.45, 2.75) is 6.42 Å². The molecule has 0 unspecified atom stereocenters. The Morgan fingerprint density at radius 3 is 3.16 bits per heavy atom. The van der Waals surface area contributed by atoms with Gasteiger partial charge in [0.05, 0.1) is 0 Å². The first-order valence-corrected chi connectivity index (χ1v) is 5.97. The van der Waals surface area contributed by atoms with Crippen LogP contribution in [-0.2, 0) is 6.42 Å². The Labute approximate surface area is 108 Å². The smallest absolute Gasteiger partial charge is 0.258 e. The van der Waals surface area contributed by atoms with Crippen LogP contribution in [0.4, 0.5) is 5.69 Å². The molecule has 7 heteroatoms. The number of anilines is 1. The molecule has 0 spiro atoms. The Morgan fingerprint density at radius 1 is 1.26 bits per heavy atom. The van der Waals surface area contributed by atoms with Crippen molar-refractivity contribution >= 4 is 5.69 Å². The molecular formula is C12H10N6O. The van der Waals surface area contributed by atoms with Crippen molar-refractivity contribution in [1.29, 1.82) is 0 Å². The quantitative estimate of drug-likeness (QED) is 0.719. The predicted octanol–water partition coefficient (Wildman–Crippen LogP) is 1.49. The minimum Gasteiger partial charge on any atom is -0.384 e. The first-order chi connectivity index (χ1) is 9.40. The van der Waals surface area contributed by atoms with Crippen LogP contribution in [0, 0.1) is 0 Å². The lowest BCUT2D eigenvalue weighted by Crippen LogP contribution is -1.91. The molecule has 0 bridgehead atoms. The third-order valence-electron chi connectivity index (χ3n) is 3.12. The first kappa shape index (κ1) is 10.2. The number of benzene rings is 1. The van der Waals surface area contributed by atoms with Crippen LogP contribution < -0.4 is 5.32 Å². The highest BCUT2D eigenvalue weighted by Gasteiger charge is 2.15. The maximum absolute atomic E-state index is 5.26. The van der Waals surface area contributed by atoms with Gasteiger partial charge in [-0.3, -0.25) is 5.10 Å². The van der Waals surface area contributed by atoms with Crippen LogP contribution in [0.3, 0.4) is 0 Å². The number of H-pyrrole nitrogens is 1. The van der Waals surface area contributed by atoms with Crippen molar-refractivity contribution in [3.63, 3.8) is 0 Å². The van der Waals surface area contributed by atoms with E-state index in [2.05, 4.69) is 36.7 Å². The summed E-state index contributed by atoms with van der Waals surface area (Å²) in [6, 6.07) is 6.10. The number of aromatic nitrogens is 5. The van der Waals surface area contributed by atoms with Crippen LogP contribution >= 0.6 is 0 Å².